The van der Waals surface area contributed by atoms with Crippen LogP contribution in [0.4, 0.5) is 5.69 Å². The Kier molecular flexibility index (Phi) is 6.09. The topological polar surface area (TPSA) is 71.6 Å². The highest BCUT2D eigenvalue weighted by Crippen LogP contribution is 2.45. The Balaban J connectivity index is 1.10. The summed E-state index contributed by atoms with van der Waals surface area (Å²) in [6.45, 7) is 8.96. The Morgan fingerprint density at radius 2 is 1.55 bits per heavy atom. The van der Waals surface area contributed by atoms with Crippen molar-refractivity contribution in [3.63, 3.8) is 0 Å². The first-order chi connectivity index (χ1) is 15.9. The number of carbonyl (C=O) groups is 2. The molecule has 0 aromatic heterocycles. The summed E-state index contributed by atoms with van der Waals surface area (Å²) in [5.74, 6) is -0.256. The number of para-hydroxylation sites is 2. The molecule has 3 heterocycles. The number of piperazine rings is 1. The zero-order chi connectivity index (χ0) is 23.2. The number of fused-ring (bicyclic) bond motifs is 2. The summed E-state index contributed by atoms with van der Waals surface area (Å²) in [7, 11) is 1.71. The van der Waals surface area contributed by atoms with E-state index in [1.165, 1.54) is 4.90 Å². The van der Waals surface area contributed by atoms with Gasteiger partial charge >= 0.3 is 0 Å². The zero-order valence-corrected chi connectivity index (χ0v) is 19.9. The third kappa shape index (κ3) is 4.36. The van der Waals surface area contributed by atoms with Crippen LogP contribution in [0, 0.1) is 11.8 Å². The number of amides is 2. The highest BCUT2D eigenvalue weighted by molar-refractivity contribution is 6.05. The first-order valence-electron chi connectivity index (χ1n) is 12.2. The molecule has 0 radical (unpaired) electrons. The van der Waals surface area contributed by atoms with E-state index in [9.17, 15) is 9.59 Å². The van der Waals surface area contributed by atoms with Crippen LogP contribution in [-0.2, 0) is 19.1 Å². The molecule has 3 saturated heterocycles. The lowest BCUT2D eigenvalue weighted by molar-refractivity contribution is -0.149. The molecule has 4 aliphatic rings. The number of carbonyl (C=O) groups excluding carboxylic acids is 2. The molecule has 4 fully saturated rings. The molecule has 1 aliphatic carbocycles. The molecule has 0 bridgehead atoms. The lowest BCUT2D eigenvalue weighted by Crippen LogP contribution is -2.47. The minimum absolute atomic E-state index is 0.0160. The van der Waals surface area contributed by atoms with Gasteiger partial charge in [-0.15, -0.1) is 0 Å². The summed E-state index contributed by atoms with van der Waals surface area (Å²) >= 11 is 0. The molecular weight excluding hydrogens is 422 g/mol. The fraction of sp³-hybridized carbons (Fsp3) is 0.680. The van der Waals surface area contributed by atoms with Gasteiger partial charge in [0.2, 0.25) is 11.8 Å². The third-order valence-corrected chi connectivity index (χ3v) is 7.56. The second kappa shape index (κ2) is 8.89. The van der Waals surface area contributed by atoms with Gasteiger partial charge in [0, 0.05) is 32.7 Å². The predicted octanol–water partition coefficient (Wildman–Crippen LogP) is 2.12. The van der Waals surface area contributed by atoms with Crippen molar-refractivity contribution in [1.29, 1.82) is 0 Å². The lowest BCUT2D eigenvalue weighted by Gasteiger charge is -2.36. The van der Waals surface area contributed by atoms with Gasteiger partial charge in [0.1, 0.15) is 5.75 Å². The van der Waals surface area contributed by atoms with E-state index in [-0.39, 0.29) is 35.9 Å². The molecule has 1 aromatic carbocycles. The number of anilines is 1. The molecule has 8 nitrogen and oxygen atoms in total. The van der Waals surface area contributed by atoms with Gasteiger partial charge in [-0.2, -0.15) is 0 Å². The van der Waals surface area contributed by atoms with Crippen LogP contribution < -0.4 is 9.64 Å². The molecule has 4 atom stereocenters. The minimum Gasteiger partial charge on any atom is -0.495 e. The van der Waals surface area contributed by atoms with E-state index in [0.717, 1.165) is 50.6 Å². The van der Waals surface area contributed by atoms with E-state index in [2.05, 4.69) is 15.9 Å². The molecule has 1 saturated carbocycles. The number of imide groups is 1. The monoisotopic (exact) mass is 457 g/mol. The first-order valence-corrected chi connectivity index (χ1v) is 12.2. The van der Waals surface area contributed by atoms with Crippen LogP contribution in [0.5, 0.6) is 5.75 Å². The predicted molar refractivity (Wildman–Crippen MR) is 123 cm³/mol. The van der Waals surface area contributed by atoms with E-state index in [0.29, 0.717) is 19.4 Å². The Labute approximate surface area is 195 Å². The number of ether oxygens (including phenoxy) is 3. The standard InChI is InChI=1S/C25H35N3O5/c1-25(2)32-21-15-17-18(16-22(21)33-25)24(30)28(23(17)29)10-6-9-26-11-13-27(14-12-26)19-7-4-5-8-20(19)31-3/h4-5,7-8,17-18,21-22H,6,9-16H2,1-3H3. The SMILES string of the molecule is COc1ccccc1N1CCN(CCCN2C(=O)C3CC4OC(C)(C)OC4CC3C2=O)CC1. The van der Waals surface area contributed by atoms with Crippen molar-refractivity contribution in [2.45, 2.75) is 51.1 Å². The summed E-state index contributed by atoms with van der Waals surface area (Å²) in [4.78, 5) is 32.3. The van der Waals surface area contributed by atoms with Crippen LogP contribution in [0.2, 0.25) is 0 Å². The molecule has 1 aromatic rings. The number of hydrogen-bond donors (Lipinski definition) is 0. The summed E-state index contributed by atoms with van der Waals surface area (Å²) in [6.07, 6.45) is 1.81. The van der Waals surface area contributed by atoms with E-state index in [1.807, 2.05) is 32.0 Å². The number of methoxy groups -OCH3 is 1. The van der Waals surface area contributed by atoms with Gasteiger partial charge < -0.3 is 19.1 Å². The summed E-state index contributed by atoms with van der Waals surface area (Å²) < 4.78 is 17.4. The van der Waals surface area contributed by atoms with Crippen LogP contribution in [0.25, 0.3) is 0 Å². The quantitative estimate of drug-likeness (QED) is 0.606. The molecular formula is C25H35N3O5. The average molecular weight is 458 g/mol. The van der Waals surface area contributed by atoms with Crippen LogP contribution in [0.3, 0.4) is 0 Å². The first kappa shape index (κ1) is 22.6. The number of hydrogen-bond acceptors (Lipinski definition) is 7. The van der Waals surface area contributed by atoms with Crippen molar-refractivity contribution < 1.29 is 23.8 Å². The fourth-order valence-electron chi connectivity index (χ4n) is 5.97. The molecule has 0 N–H and O–H groups in total. The Bertz CT molecular complexity index is 864. The smallest absolute Gasteiger partial charge is 0.233 e. The highest BCUT2D eigenvalue weighted by atomic mass is 16.7. The third-order valence-electron chi connectivity index (χ3n) is 7.56. The fourth-order valence-corrected chi connectivity index (χ4v) is 5.97. The van der Waals surface area contributed by atoms with Crippen LogP contribution in [0.15, 0.2) is 24.3 Å². The molecule has 180 valence electrons. The van der Waals surface area contributed by atoms with Crippen molar-refractivity contribution in [3.8, 4) is 5.75 Å². The lowest BCUT2D eigenvalue weighted by atomic mass is 9.78. The highest BCUT2D eigenvalue weighted by Gasteiger charge is 2.56. The van der Waals surface area contributed by atoms with Crippen LogP contribution in [0.1, 0.15) is 33.1 Å². The summed E-state index contributed by atoms with van der Waals surface area (Å²) in [6, 6.07) is 8.13. The van der Waals surface area contributed by atoms with Gasteiger partial charge in [-0.25, -0.2) is 0 Å². The van der Waals surface area contributed by atoms with Gasteiger partial charge in [0.25, 0.3) is 0 Å². The second-order valence-electron chi connectivity index (χ2n) is 10.1. The van der Waals surface area contributed by atoms with Gasteiger partial charge in [-0.3, -0.25) is 19.4 Å². The molecule has 3 aliphatic heterocycles. The molecule has 33 heavy (non-hydrogen) atoms. The minimum atomic E-state index is -0.630. The number of benzene rings is 1. The van der Waals surface area contributed by atoms with Crippen molar-refractivity contribution in [1.82, 2.24) is 9.80 Å². The molecule has 0 spiro atoms. The number of likely N-dealkylation sites (tertiary alicyclic amines) is 1. The summed E-state index contributed by atoms with van der Waals surface area (Å²) in [5, 5.41) is 0. The Morgan fingerprint density at radius 1 is 0.939 bits per heavy atom. The van der Waals surface area contributed by atoms with Crippen LogP contribution in [-0.4, -0.2) is 86.0 Å². The second-order valence-corrected chi connectivity index (χ2v) is 10.1. The van der Waals surface area contributed by atoms with Crippen molar-refractivity contribution in [2.24, 2.45) is 11.8 Å². The van der Waals surface area contributed by atoms with Crippen molar-refractivity contribution >= 4 is 17.5 Å². The van der Waals surface area contributed by atoms with Crippen molar-refractivity contribution in [2.75, 3.05) is 51.3 Å². The zero-order valence-electron chi connectivity index (χ0n) is 19.9. The normalized spacial score (nSPS) is 31.6. The maximum atomic E-state index is 13.0. The number of nitrogens with zero attached hydrogens (tertiary/aromatic N) is 3. The largest absolute Gasteiger partial charge is 0.495 e. The van der Waals surface area contributed by atoms with Gasteiger partial charge in [0.15, 0.2) is 5.79 Å². The molecule has 4 unspecified atom stereocenters. The Morgan fingerprint density at radius 3 is 2.15 bits per heavy atom. The maximum absolute atomic E-state index is 13.0. The Hall–Kier alpha value is -2.16. The van der Waals surface area contributed by atoms with Crippen molar-refractivity contribution in [3.05, 3.63) is 24.3 Å². The van der Waals surface area contributed by atoms with E-state index < -0.39 is 5.79 Å². The molecule has 5 rings (SSSR count). The van der Waals surface area contributed by atoms with E-state index in [1.54, 1.807) is 7.11 Å². The average Bonchev–Trinajstić information content (AvgIpc) is 3.24. The number of rotatable bonds is 6. The van der Waals surface area contributed by atoms with Gasteiger partial charge in [0.05, 0.1) is 36.8 Å². The van der Waals surface area contributed by atoms with Crippen LogP contribution >= 0.6 is 0 Å². The van der Waals surface area contributed by atoms with Gasteiger partial charge in [-0.05, 0) is 51.8 Å². The maximum Gasteiger partial charge on any atom is 0.233 e. The van der Waals surface area contributed by atoms with Gasteiger partial charge in [-0.1, -0.05) is 12.1 Å². The molecule has 8 heteroatoms. The molecule has 2 amide bonds. The summed E-state index contributed by atoms with van der Waals surface area (Å²) in [5.41, 5.74) is 1.14. The van der Waals surface area contributed by atoms with E-state index in [4.69, 9.17) is 14.2 Å². The van der Waals surface area contributed by atoms with E-state index >= 15 is 0 Å².